The second kappa shape index (κ2) is 14.5. The maximum Gasteiger partial charge on any atom is 0.255 e. The number of nitrogens with zero attached hydrogens (tertiary/aromatic N) is 1. The molecule has 2 heterocycles. The third-order valence-electron chi connectivity index (χ3n) is 6.55. The monoisotopic (exact) mass is 517 g/mol. The zero-order valence-corrected chi connectivity index (χ0v) is 21.5. The molecule has 2 aliphatic heterocycles. The van der Waals surface area contributed by atoms with Gasteiger partial charge in [-0.1, -0.05) is 18.6 Å². The first-order chi connectivity index (χ1) is 17.8. The van der Waals surface area contributed by atoms with Crippen LogP contribution in [0.4, 0.5) is 0 Å². The molecule has 3 rings (SSSR count). The Morgan fingerprint density at radius 1 is 1.14 bits per heavy atom. The molecule has 0 aliphatic carbocycles. The number of hydrogen-bond acceptors (Lipinski definition) is 7. The molecule has 0 unspecified atom stereocenters. The van der Waals surface area contributed by atoms with Crippen molar-refractivity contribution in [2.24, 2.45) is 0 Å². The van der Waals surface area contributed by atoms with E-state index in [1.165, 1.54) is 13.3 Å². The van der Waals surface area contributed by atoms with E-state index in [1.54, 1.807) is 24.3 Å². The summed E-state index contributed by atoms with van der Waals surface area (Å²) in [6.45, 7) is 5.08. The van der Waals surface area contributed by atoms with Gasteiger partial charge in [0.05, 0.1) is 18.3 Å². The van der Waals surface area contributed by atoms with Gasteiger partial charge in [0.1, 0.15) is 17.8 Å². The predicted molar refractivity (Wildman–Crippen MR) is 137 cm³/mol. The van der Waals surface area contributed by atoms with E-state index in [0.717, 1.165) is 32.5 Å². The van der Waals surface area contributed by atoms with E-state index in [-0.39, 0.29) is 37.5 Å². The van der Waals surface area contributed by atoms with Crippen LogP contribution in [-0.4, -0.2) is 91.2 Å². The number of hydrogen-bond donors (Lipinski definition) is 5. The molecule has 204 valence electrons. The van der Waals surface area contributed by atoms with Gasteiger partial charge in [0, 0.05) is 26.1 Å². The Hall–Kier alpha value is -3.18. The Labute approximate surface area is 217 Å². The summed E-state index contributed by atoms with van der Waals surface area (Å²) in [7, 11) is 0. The molecule has 11 heteroatoms. The van der Waals surface area contributed by atoms with E-state index in [2.05, 4.69) is 26.2 Å². The average molecular weight is 518 g/mol. The van der Waals surface area contributed by atoms with Crippen LogP contribution in [0.2, 0.25) is 0 Å². The van der Waals surface area contributed by atoms with E-state index in [0.29, 0.717) is 18.7 Å². The summed E-state index contributed by atoms with van der Waals surface area (Å²) in [6, 6.07) is 4.63. The number of likely N-dealkylation sites (tertiary alicyclic amines) is 1. The van der Waals surface area contributed by atoms with Gasteiger partial charge in [0.25, 0.3) is 5.91 Å². The molecule has 0 bridgehead atoms. The van der Waals surface area contributed by atoms with Crippen LogP contribution >= 0.6 is 0 Å². The largest absolute Gasteiger partial charge is 0.493 e. The van der Waals surface area contributed by atoms with Crippen molar-refractivity contribution in [3.8, 4) is 5.75 Å². The van der Waals surface area contributed by atoms with Crippen molar-refractivity contribution >= 4 is 23.6 Å². The highest BCUT2D eigenvalue weighted by Gasteiger charge is 2.28. The van der Waals surface area contributed by atoms with Gasteiger partial charge in [-0.3, -0.25) is 19.2 Å². The molecular formula is C26H39N5O6. The first-order valence-corrected chi connectivity index (χ1v) is 13.1. The van der Waals surface area contributed by atoms with Gasteiger partial charge in [-0.2, -0.15) is 0 Å². The van der Waals surface area contributed by atoms with E-state index >= 15 is 0 Å². The fourth-order valence-corrected chi connectivity index (χ4v) is 4.43. The Morgan fingerprint density at radius 2 is 1.89 bits per heavy atom. The summed E-state index contributed by atoms with van der Waals surface area (Å²) in [5, 5.41) is 20.9. The smallest absolute Gasteiger partial charge is 0.255 e. The van der Waals surface area contributed by atoms with Crippen LogP contribution < -0.4 is 26.0 Å². The number of amides is 4. The number of nitrogens with one attached hydrogen (secondary N) is 4. The minimum atomic E-state index is -1.13. The molecular weight excluding hydrogens is 478 g/mol. The Bertz CT molecular complexity index is 934. The number of fused-ring (bicyclic) bond motifs is 1. The normalized spacial score (nSPS) is 23.5. The van der Waals surface area contributed by atoms with Crippen LogP contribution in [-0.2, 0) is 14.4 Å². The van der Waals surface area contributed by atoms with Gasteiger partial charge in [-0.25, -0.2) is 0 Å². The molecule has 0 spiro atoms. The van der Waals surface area contributed by atoms with Crippen LogP contribution in [0.1, 0.15) is 55.8 Å². The van der Waals surface area contributed by atoms with Crippen molar-refractivity contribution in [3.05, 3.63) is 29.8 Å². The van der Waals surface area contributed by atoms with Crippen molar-refractivity contribution in [1.29, 1.82) is 0 Å². The maximum absolute atomic E-state index is 13.1. The van der Waals surface area contributed by atoms with Crippen molar-refractivity contribution < 1.29 is 29.0 Å². The molecule has 37 heavy (non-hydrogen) atoms. The predicted octanol–water partition coefficient (Wildman–Crippen LogP) is -0.0684. The van der Waals surface area contributed by atoms with Crippen molar-refractivity contribution in [3.63, 3.8) is 0 Å². The SMILES string of the molecule is C[C@@H](O)[C@@H]1NC(=O)CC[C@@H](C(=O)NCCN2CCCCC2)NC(=O)c2ccccc2OCCCNC1=O. The zero-order valence-electron chi connectivity index (χ0n) is 21.5. The maximum atomic E-state index is 13.1. The van der Waals surface area contributed by atoms with Gasteiger partial charge in [-0.15, -0.1) is 0 Å². The van der Waals surface area contributed by atoms with Gasteiger partial charge in [-0.05, 0) is 57.8 Å². The van der Waals surface area contributed by atoms with Gasteiger partial charge >= 0.3 is 0 Å². The number of aliphatic hydroxyl groups excluding tert-OH is 1. The molecule has 0 radical (unpaired) electrons. The van der Waals surface area contributed by atoms with Crippen molar-refractivity contribution in [2.45, 2.75) is 63.6 Å². The van der Waals surface area contributed by atoms with Crippen LogP contribution in [0, 0.1) is 0 Å². The summed E-state index contributed by atoms with van der Waals surface area (Å²) in [6.07, 6.45) is 2.75. The quantitative estimate of drug-likeness (QED) is 0.367. The van der Waals surface area contributed by atoms with Gasteiger partial charge < -0.3 is 36.0 Å². The molecule has 3 atom stereocenters. The number of carbonyl (C=O) groups is 4. The number of piperidine rings is 1. The van der Waals surface area contributed by atoms with Crippen molar-refractivity contribution in [2.75, 3.05) is 39.3 Å². The fourth-order valence-electron chi connectivity index (χ4n) is 4.43. The summed E-state index contributed by atoms with van der Waals surface area (Å²) in [5.74, 6) is -1.51. The third-order valence-corrected chi connectivity index (χ3v) is 6.55. The molecule has 0 saturated carbocycles. The molecule has 11 nitrogen and oxygen atoms in total. The van der Waals surface area contributed by atoms with Gasteiger partial charge in [0.2, 0.25) is 17.7 Å². The first kappa shape index (κ1) is 28.4. The highest BCUT2D eigenvalue weighted by atomic mass is 16.5. The number of benzene rings is 1. The lowest BCUT2D eigenvalue weighted by atomic mass is 10.1. The zero-order chi connectivity index (χ0) is 26.6. The van der Waals surface area contributed by atoms with Crippen LogP contribution in [0.15, 0.2) is 24.3 Å². The minimum Gasteiger partial charge on any atom is -0.493 e. The van der Waals surface area contributed by atoms with E-state index in [9.17, 15) is 24.3 Å². The Morgan fingerprint density at radius 3 is 2.65 bits per heavy atom. The highest BCUT2D eigenvalue weighted by molar-refractivity contribution is 5.99. The second-order valence-corrected chi connectivity index (χ2v) is 9.53. The first-order valence-electron chi connectivity index (χ1n) is 13.1. The topological polar surface area (TPSA) is 149 Å². The molecule has 1 saturated heterocycles. The lowest BCUT2D eigenvalue weighted by Gasteiger charge is -2.27. The van der Waals surface area contributed by atoms with E-state index in [4.69, 9.17) is 4.74 Å². The number of carbonyl (C=O) groups excluding carboxylic acids is 4. The Kier molecular flexibility index (Phi) is 11.2. The minimum absolute atomic E-state index is 0.0181. The fraction of sp³-hybridized carbons (Fsp3) is 0.615. The summed E-state index contributed by atoms with van der Waals surface area (Å²) < 4.78 is 5.78. The van der Waals surface area contributed by atoms with Crippen LogP contribution in [0.25, 0.3) is 0 Å². The summed E-state index contributed by atoms with van der Waals surface area (Å²) in [5.41, 5.74) is 0.281. The van der Waals surface area contributed by atoms with E-state index < -0.39 is 35.9 Å². The molecule has 1 aromatic carbocycles. The molecule has 5 N–H and O–H groups in total. The third kappa shape index (κ3) is 9.01. The van der Waals surface area contributed by atoms with E-state index in [1.807, 2.05) is 0 Å². The van der Waals surface area contributed by atoms with Crippen LogP contribution in [0.5, 0.6) is 5.75 Å². The molecule has 1 aromatic rings. The number of para-hydroxylation sites is 1. The lowest BCUT2D eigenvalue weighted by Crippen LogP contribution is -2.53. The average Bonchev–Trinajstić information content (AvgIpc) is 2.89. The summed E-state index contributed by atoms with van der Waals surface area (Å²) in [4.78, 5) is 53.6. The molecule has 2 aliphatic rings. The molecule has 1 fully saturated rings. The summed E-state index contributed by atoms with van der Waals surface area (Å²) >= 11 is 0. The number of ether oxygens (including phenoxy) is 1. The molecule has 0 aromatic heterocycles. The lowest BCUT2D eigenvalue weighted by molar-refractivity contribution is -0.132. The van der Waals surface area contributed by atoms with Gasteiger partial charge in [0.15, 0.2) is 0 Å². The number of rotatable bonds is 5. The second-order valence-electron chi connectivity index (χ2n) is 9.53. The highest BCUT2D eigenvalue weighted by Crippen LogP contribution is 2.19. The number of aliphatic hydroxyl groups is 1. The van der Waals surface area contributed by atoms with Crippen molar-refractivity contribution in [1.82, 2.24) is 26.2 Å². The Balaban J connectivity index is 1.73. The standard InChI is InChI=1S/C26H39N5O6/c1-18(32)23-26(36)27-12-7-17-37-21-9-4-3-8-19(21)24(34)29-20(10-11-22(33)30-23)25(35)28-13-16-31-14-5-2-6-15-31/h3-4,8-9,18,20,23,32H,2,5-7,10-17H2,1H3,(H,27,36)(H,28,35)(H,29,34)(H,30,33)/t18-,20+,23+/m1/s1. The molecule has 4 amide bonds. The van der Waals surface area contributed by atoms with Crippen LogP contribution in [0.3, 0.4) is 0 Å².